The van der Waals surface area contributed by atoms with E-state index in [1.165, 1.54) is 18.2 Å². The lowest BCUT2D eigenvalue weighted by molar-refractivity contribution is -0.136. The van der Waals surface area contributed by atoms with Crippen LogP contribution in [0.15, 0.2) is 48.4 Å². The highest BCUT2D eigenvalue weighted by molar-refractivity contribution is 6.12. The molecule has 0 aliphatic heterocycles. The molecule has 2 aromatic carbocycles. The molecule has 0 spiro atoms. The molecule has 2 rings (SSSR count). The van der Waals surface area contributed by atoms with E-state index < -0.39 is 53.9 Å². The van der Waals surface area contributed by atoms with Gasteiger partial charge in [-0.15, -0.1) is 0 Å². The van der Waals surface area contributed by atoms with Crippen molar-refractivity contribution in [2.45, 2.75) is 6.42 Å². The van der Waals surface area contributed by atoms with Gasteiger partial charge < -0.3 is 10.8 Å². The summed E-state index contributed by atoms with van der Waals surface area (Å²) in [6.45, 7) is 0. The van der Waals surface area contributed by atoms with Crippen LogP contribution in [0.3, 0.4) is 0 Å². The maximum atomic E-state index is 12.7. The summed E-state index contributed by atoms with van der Waals surface area (Å²) < 4.78 is 38.4. The van der Waals surface area contributed by atoms with E-state index in [0.29, 0.717) is 0 Å². The monoisotopic (exact) mass is 260 g/mol. The minimum atomic E-state index is -1.13. The molecule has 3 N–H and O–H groups in total. The van der Waals surface area contributed by atoms with Crippen LogP contribution in [0.1, 0.15) is 28.3 Å². The molecule has 0 radical (unpaired) electrons. The Hall–Kier alpha value is -2.62. The number of carbonyl (C=O) groups is 2. The fraction of sp³-hybridized carbons (Fsp3) is 0.0667. The summed E-state index contributed by atoms with van der Waals surface area (Å²) in [7, 11) is 0. The molecule has 0 saturated carbocycles. The summed E-state index contributed by atoms with van der Waals surface area (Å²) in [6.07, 6.45) is -0.395. The lowest BCUT2D eigenvalue weighted by atomic mass is 9.98. The predicted octanol–water partition coefficient (Wildman–Crippen LogP) is 2.13. The van der Waals surface area contributed by atoms with Crippen LogP contribution >= 0.6 is 0 Å². The zero-order valence-corrected chi connectivity index (χ0v) is 9.78. The summed E-state index contributed by atoms with van der Waals surface area (Å²) in [5.41, 5.74) is 5.36. The van der Waals surface area contributed by atoms with E-state index in [1.807, 2.05) is 0 Å². The molecule has 0 saturated heterocycles. The van der Waals surface area contributed by atoms with Gasteiger partial charge in [0.05, 0.1) is 13.3 Å². The SMILES string of the molecule is [2H]c1c([2H])c([2H])c(C(=O)c2cccc(CC(=O)O)c2N)c([2H])c1[2H]. The average molecular weight is 260 g/mol. The topological polar surface area (TPSA) is 80.4 Å². The molecule has 96 valence electrons. The van der Waals surface area contributed by atoms with Crippen molar-refractivity contribution < 1.29 is 21.5 Å². The van der Waals surface area contributed by atoms with Gasteiger partial charge in [0, 0.05) is 16.8 Å². The third-order valence-electron chi connectivity index (χ3n) is 2.51. The Labute approximate surface area is 117 Å². The normalized spacial score (nSPS) is 13.8. The highest BCUT2D eigenvalue weighted by Crippen LogP contribution is 2.21. The molecule has 0 fully saturated rings. The summed E-state index contributed by atoms with van der Waals surface area (Å²) >= 11 is 0. The van der Waals surface area contributed by atoms with Crippen molar-refractivity contribution in [3.63, 3.8) is 0 Å². The molecule has 2 aromatic rings. The van der Waals surface area contributed by atoms with Crippen molar-refractivity contribution in [2.75, 3.05) is 5.73 Å². The summed E-state index contributed by atoms with van der Waals surface area (Å²) in [4.78, 5) is 23.5. The standard InChI is InChI=1S/C15H13NO3/c16-14-11(9-13(17)18)7-4-8-12(14)15(19)10-5-2-1-3-6-10/h1-8H,9,16H2,(H,17,18)/i1D,2D,3D,5D,6D. The van der Waals surface area contributed by atoms with Gasteiger partial charge in [-0.2, -0.15) is 0 Å². The third-order valence-corrected chi connectivity index (χ3v) is 2.51. The molecule has 0 atom stereocenters. The smallest absolute Gasteiger partial charge is 0.307 e. The number of nitrogen functional groups attached to an aromatic ring is 1. The first-order valence-corrected chi connectivity index (χ1v) is 5.37. The number of hydrogen-bond acceptors (Lipinski definition) is 3. The Morgan fingerprint density at radius 1 is 1.21 bits per heavy atom. The van der Waals surface area contributed by atoms with E-state index in [0.717, 1.165) is 0 Å². The number of ketones is 1. The van der Waals surface area contributed by atoms with Crippen LogP contribution in [0.2, 0.25) is 0 Å². The molecule has 4 heteroatoms. The maximum Gasteiger partial charge on any atom is 0.307 e. The number of carboxylic acids is 1. The summed E-state index contributed by atoms with van der Waals surface area (Å²) in [6, 6.07) is 1.08. The maximum absolute atomic E-state index is 12.7. The Balaban J connectivity index is 2.65. The molecule has 0 bridgehead atoms. The van der Waals surface area contributed by atoms with Gasteiger partial charge in [0.1, 0.15) is 0 Å². The second-order valence-corrected chi connectivity index (χ2v) is 3.78. The van der Waals surface area contributed by atoms with E-state index in [2.05, 4.69) is 0 Å². The van der Waals surface area contributed by atoms with Gasteiger partial charge in [-0.25, -0.2) is 0 Å². The Morgan fingerprint density at radius 3 is 2.53 bits per heavy atom. The van der Waals surface area contributed by atoms with E-state index in [-0.39, 0.29) is 16.8 Å². The van der Waals surface area contributed by atoms with Crippen LogP contribution in [0, 0.1) is 0 Å². The number of para-hydroxylation sites is 1. The predicted molar refractivity (Wildman–Crippen MR) is 72.1 cm³/mol. The molecular weight excluding hydrogens is 242 g/mol. The molecule has 4 nitrogen and oxygen atoms in total. The van der Waals surface area contributed by atoms with Gasteiger partial charge in [0.15, 0.2) is 5.78 Å². The minimum absolute atomic E-state index is 0.0864. The summed E-state index contributed by atoms with van der Waals surface area (Å²) in [5.74, 6) is -1.98. The Kier molecular flexibility index (Phi) is 2.18. The number of nitrogens with two attached hydrogens (primary N) is 1. The molecule has 0 unspecified atom stereocenters. The number of hydrogen-bond donors (Lipinski definition) is 2. The fourth-order valence-electron chi connectivity index (χ4n) is 1.63. The first-order chi connectivity index (χ1) is 11.2. The van der Waals surface area contributed by atoms with Crippen molar-refractivity contribution in [1.29, 1.82) is 0 Å². The number of benzene rings is 2. The second kappa shape index (κ2) is 5.35. The first kappa shape index (κ1) is 7.74. The Morgan fingerprint density at radius 2 is 1.89 bits per heavy atom. The van der Waals surface area contributed by atoms with E-state index in [9.17, 15) is 9.59 Å². The second-order valence-electron chi connectivity index (χ2n) is 3.78. The van der Waals surface area contributed by atoms with Gasteiger partial charge >= 0.3 is 5.97 Å². The average Bonchev–Trinajstić information content (AvgIpc) is 2.52. The molecule has 19 heavy (non-hydrogen) atoms. The minimum Gasteiger partial charge on any atom is -0.481 e. The number of aliphatic carboxylic acids is 1. The van der Waals surface area contributed by atoms with Crippen molar-refractivity contribution in [3.8, 4) is 0 Å². The molecule has 0 amide bonds. The lowest BCUT2D eigenvalue weighted by Gasteiger charge is -2.09. The van der Waals surface area contributed by atoms with Crippen molar-refractivity contribution >= 4 is 17.4 Å². The number of rotatable bonds is 4. The fourth-order valence-corrected chi connectivity index (χ4v) is 1.63. The molecule has 0 aromatic heterocycles. The van der Waals surface area contributed by atoms with Gasteiger partial charge in [-0.3, -0.25) is 9.59 Å². The van der Waals surface area contributed by atoms with E-state index >= 15 is 0 Å². The van der Waals surface area contributed by atoms with Gasteiger partial charge in [-0.1, -0.05) is 42.3 Å². The van der Waals surface area contributed by atoms with Gasteiger partial charge in [0.2, 0.25) is 0 Å². The van der Waals surface area contributed by atoms with Crippen LogP contribution < -0.4 is 5.73 Å². The number of carbonyl (C=O) groups excluding carboxylic acids is 1. The largest absolute Gasteiger partial charge is 0.481 e. The molecule has 0 aliphatic carbocycles. The van der Waals surface area contributed by atoms with Crippen LogP contribution in [-0.4, -0.2) is 16.9 Å². The number of anilines is 1. The van der Waals surface area contributed by atoms with E-state index in [1.54, 1.807) is 0 Å². The molecular formula is C15H13NO3. The Bertz CT molecular complexity index is 838. The van der Waals surface area contributed by atoms with Crippen LogP contribution in [0.4, 0.5) is 5.69 Å². The summed E-state index contributed by atoms with van der Waals surface area (Å²) in [5, 5.41) is 8.86. The van der Waals surface area contributed by atoms with Crippen molar-refractivity contribution in [1.82, 2.24) is 0 Å². The quantitative estimate of drug-likeness (QED) is 0.652. The highest BCUT2D eigenvalue weighted by Gasteiger charge is 2.15. The number of carboxylic acid groups (broad SMARTS) is 1. The molecule has 0 aliphatic rings. The van der Waals surface area contributed by atoms with Crippen molar-refractivity contribution in [3.05, 3.63) is 65.1 Å². The van der Waals surface area contributed by atoms with Gasteiger partial charge in [-0.05, 0) is 11.6 Å². The van der Waals surface area contributed by atoms with Crippen molar-refractivity contribution in [2.24, 2.45) is 0 Å². The first-order valence-electron chi connectivity index (χ1n) is 7.87. The molecule has 0 heterocycles. The zero-order valence-electron chi connectivity index (χ0n) is 14.8. The third kappa shape index (κ3) is 2.80. The lowest BCUT2D eigenvalue weighted by Crippen LogP contribution is -2.10. The van der Waals surface area contributed by atoms with E-state index in [4.69, 9.17) is 17.7 Å². The van der Waals surface area contributed by atoms with Gasteiger partial charge in [0.25, 0.3) is 0 Å². The zero-order chi connectivity index (χ0) is 18.2. The van der Waals surface area contributed by atoms with Crippen LogP contribution in [-0.2, 0) is 11.2 Å². The van der Waals surface area contributed by atoms with Crippen LogP contribution in [0.25, 0.3) is 0 Å². The van der Waals surface area contributed by atoms with Crippen LogP contribution in [0.5, 0.6) is 0 Å². The highest BCUT2D eigenvalue weighted by atomic mass is 16.4.